The van der Waals surface area contributed by atoms with Crippen molar-refractivity contribution in [3.05, 3.63) is 21.4 Å². The van der Waals surface area contributed by atoms with E-state index in [-0.39, 0.29) is 5.91 Å². The molecule has 1 N–H and O–H groups in total. The fourth-order valence-electron chi connectivity index (χ4n) is 1.64. The third kappa shape index (κ3) is 1.93. The largest absolute Gasteiger partial charge is 0.351 e. The van der Waals surface area contributed by atoms with Gasteiger partial charge < -0.3 is 5.32 Å². The lowest BCUT2D eigenvalue weighted by atomic mass is 10.1. The fraction of sp³-hybridized carbons (Fsp3) is 0.500. The number of rotatable bonds is 2. The third-order valence-electron chi connectivity index (χ3n) is 2.32. The monoisotopic (exact) mass is 229 g/mol. The summed E-state index contributed by atoms with van der Waals surface area (Å²) >= 11 is 7.26. The summed E-state index contributed by atoms with van der Waals surface area (Å²) in [4.78, 5) is 13.7. The van der Waals surface area contributed by atoms with Crippen molar-refractivity contribution < 1.29 is 4.79 Å². The molecule has 76 valence electrons. The molecule has 2 nitrogen and oxygen atoms in total. The van der Waals surface area contributed by atoms with E-state index in [0.717, 1.165) is 30.7 Å². The molecule has 0 saturated heterocycles. The molecule has 0 bridgehead atoms. The minimum absolute atomic E-state index is 0.0864. The lowest BCUT2D eigenvalue weighted by molar-refractivity contribution is 0.0960. The number of nitrogens with one attached hydrogen (secondary N) is 1. The molecule has 1 aliphatic heterocycles. The highest BCUT2D eigenvalue weighted by Gasteiger charge is 2.18. The molecule has 1 aliphatic rings. The molecule has 4 heteroatoms. The Morgan fingerprint density at radius 2 is 2.43 bits per heavy atom. The van der Waals surface area contributed by atoms with E-state index < -0.39 is 0 Å². The Morgan fingerprint density at radius 3 is 3.21 bits per heavy atom. The van der Waals surface area contributed by atoms with E-state index in [1.165, 1.54) is 10.4 Å². The normalized spacial score (nSPS) is 15.9. The second-order valence-corrected chi connectivity index (χ2v) is 4.88. The van der Waals surface area contributed by atoms with E-state index in [1.807, 2.05) is 0 Å². The predicted molar refractivity (Wildman–Crippen MR) is 59.4 cm³/mol. The summed E-state index contributed by atoms with van der Waals surface area (Å²) in [6, 6.07) is 2.13. The molecule has 1 amide bonds. The number of hydrogen-bond acceptors (Lipinski definition) is 2. The van der Waals surface area contributed by atoms with Gasteiger partial charge in [-0.3, -0.25) is 4.79 Å². The summed E-state index contributed by atoms with van der Waals surface area (Å²) in [7, 11) is 0. The molecule has 0 aliphatic carbocycles. The van der Waals surface area contributed by atoms with E-state index in [2.05, 4.69) is 11.4 Å². The molecule has 0 saturated carbocycles. The van der Waals surface area contributed by atoms with Gasteiger partial charge >= 0.3 is 0 Å². The standard InChI is InChI=1S/C10H12ClNOS/c11-4-3-8-6-7-2-1-5-12-10(13)9(7)14-8/h6H,1-5H2,(H,12,13). The number of fused-ring (bicyclic) bond motifs is 1. The first-order valence-corrected chi connectivity index (χ1v) is 6.12. The lowest BCUT2D eigenvalue weighted by Crippen LogP contribution is -2.21. The van der Waals surface area contributed by atoms with Gasteiger partial charge in [0.2, 0.25) is 0 Å². The van der Waals surface area contributed by atoms with Gasteiger partial charge in [0.15, 0.2) is 0 Å². The quantitative estimate of drug-likeness (QED) is 0.775. The van der Waals surface area contributed by atoms with Crippen molar-refractivity contribution in [3.8, 4) is 0 Å². The van der Waals surface area contributed by atoms with Crippen molar-refractivity contribution in [2.24, 2.45) is 0 Å². The maximum absolute atomic E-state index is 11.6. The third-order valence-corrected chi connectivity index (χ3v) is 3.74. The van der Waals surface area contributed by atoms with Crippen molar-refractivity contribution in [2.75, 3.05) is 12.4 Å². The lowest BCUT2D eigenvalue weighted by Gasteiger charge is -1.96. The predicted octanol–water partition coefficient (Wildman–Crippen LogP) is 2.21. The van der Waals surface area contributed by atoms with Gasteiger partial charge in [0.1, 0.15) is 0 Å². The summed E-state index contributed by atoms with van der Waals surface area (Å²) in [5.74, 6) is 0.712. The highest BCUT2D eigenvalue weighted by molar-refractivity contribution is 7.14. The zero-order valence-electron chi connectivity index (χ0n) is 7.81. The summed E-state index contributed by atoms with van der Waals surface area (Å²) in [6.07, 6.45) is 2.91. The average Bonchev–Trinajstić information content (AvgIpc) is 2.49. The Morgan fingerprint density at radius 1 is 1.57 bits per heavy atom. The Hall–Kier alpha value is -0.540. The van der Waals surface area contributed by atoms with Crippen LogP contribution in [0, 0.1) is 0 Å². The minimum Gasteiger partial charge on any atom is -0.351 e. The van der Waals surface area contributed by atoms with Crippen LogP contribution >= 0.6 is 22.9 Å². The molecule has 0 aromatic carbocycles. The molecular weight excluding hydrogens is 218 g/mol. The van der Waals surface area contributed by atoms with Gasteiger partial charge in [0, 0.05) is 17.3 Å². The van der Waals surface area contributed by atoms with Gasteiger partial charge in [0.25, 0.3) is 5.91 Å². The fourth-order valence-corrected chi connectivity index (χ4v) is 3.08. The van der Waals surface area contributed by atoms with Crippen LogP contribution in [0.2, 0.25) is 0 Å². The average molecular weight is 230 g/mol. The van der Waals surface area contributed by atoms with Crippen LogP contribution in [0.1, 0.15) is 26.5 Å². The van der Waals surface area contributed by atoms with Crippen LogP contribution in [0.4, 0.5) is 0 Å². The molecule has 0 spiro atoms. The van der Waals surface area contributed by atoms with Crippen LogP contribution in [0.15, 0.2) is 6.07 Å². The highest BCUT2D eigenvalue weighted by Crippen LogP contribution is 2.25. The van der Waals surface area contributed by atoms with E-state index in [4.69, 9.17) is 11.6 Å². The highest BCUT2D eigenvalue weighted by atomic mass is 35.5. The van der Waals surface area contributed by atoms with Crippen molar-refractivity contribution >= 4 is 28.8 Å². The summed E-state index contributed by atoms with van der Waals surface area (Å²) in [5, 5.41) is 2.89. The number of carbonyl (C=O) groups excluding carboxylic acids is 1. The molecule has 0 unspecified atom stereocenters. The van der Waals surface area contributed by atoms with Crippen LogP contribution in [-0.2, 0) is 12.8 Å². The number of halogens is 1. The zero-order valence-corrected chi connectivity index (χ0v) is 9.38. The Labute approximate surface area is 92.3 Å². The molecule has 1 aromatic rings. The topological polar surface area (TPSA) is 29.1 Å². The smallest absolute Gasteiger partial charge is 0.261 e. The van der Waals surface area contributed by atoms with Gasteiger partial charge in [-0.25, -0.2) is 0 Å². The molecule has 0 radical (unpaired) electrons. The summed E-state index contributed by atoms with van der Waals surface area (Å²) in [5.41, 5.74) is 1.20. The Balaban J connectivity index is 2.29. The van der Waals surface area contributed by atoms with Crippen LogP contribution in [0.25, 0.3) is 0 Å². The molecule has 2 rings (SSSR count). The van der Waals surface area contributed by atoms with Crippen LogP contribution in [0.3, 0.4) is 0 Å². The number of amides is 1. The van der Waals surface area contributed by atoms with E-state index >= 15 is 0 Å². The maximum Gasteiger partial charge on any atom is 0.261 e. The molecule has 2 heterocycles. The van der Waals surface area contributed by atoms with Crippen molar-refractivity contribution in [1.29, 1.82) is 0 Å². The SMILES string of the molecule is O=C1NCCCc2cc(CCCl)sc21. The number of hydrogen-bond donors (Lipinski definition) is 1. The zero-order chi connectivity index (χ0) is 9.97. The van der Waals surface area contributed by atoms with Gasteiger partial charge in [-0.05, 0) is 30.9 Å². The van der Waals surface area contributed by atoms with Crippen LogP contribution in [0.5, 0.6) is 0 Å². The van der Waals surface area contributed by atoms with Crippen LogP contribution in [-0.4, -0.2) is 18.3 Å². The first kappa shape index (κ1) is 9.99. The summed E-state index contributed by atoms with van der Waals surface area (Å²) in [6.45, 7) is 0.797. The molecule has 14 heavy (non-hydrogen) atoms. The minimum atomic E-state index is 0.0864. The van der Waals surface area contributed by atoms with Crippen molar-refractivity contribution in [3.63, 3.8) is 0 Å². The Kier molecular flexibility index (Phi) is 3.08. The van der Waals surface area contributed by atoms with Gasteiger partial charge in [0.05, 0.1) is 4.88 Å². The second-order valence-electron chi connectivity index (χ2n) is 3.37. The maximum atomic E-state index is 11.6. The summed E-state index contributed by atoms with van der Waals surface area (Å²) < 4.78 is 0. The molecular formula is C10H12ClNOS. The first-order chi connectivity index (χ1) is 6.81. The molecule has 0 fully saturated rings. The molecule has 1 aromatic heterocycles. The number of alkyl halides is 1. The molecule has 0 atom stereocenters. The Bertz CT molecular complexity index is 348. The van der Waals surface area contributed by atoms with Gasteiger partial charge in [-0.1, -0.05) is 0 Å². The van der Waals surface area contributed by atoms with E-state index in [9.17, 15) is 4.79 Å². The van der Waals surface area contributed by atoms with Crippen molar-refractivity contribution in [2.45, 2.75) is 19.3 Å². The first-order valence-electron chi connectivity index (χ1n) is 4.77. The van der Waals surface area contributed by atoms with E-state index in [1.54, 1.807) is 11.3 Å². The van der Waals surface area contributed by atoms with E-state index in [0.29, 0.717) is 5.88 Å². The van der Waals surface area contributed by atoms with Gasteiger partial charge in [-0.2, -0.15) is 0 Å². The number of carbonyl (C=O) groups is 1. The van der Waals surface area contributed by atoms with Crippen molar-refractivity contribution in [1.82, 2.24) is 5.32 Å². The van der Waals surface area contributed by atoms with Crippen LogP contribution < -0.4 is 5.32 Å². The second kappa shape index (κ2) is 4.32. The van der Waals surface area contributed by atoms with Gasteiger partial charge in [-0.15, -0.1) is 22.9 Å². The number of aryl methyl sites for hydroxylation is 2. The number of thiophene rings is 1.